The van der Waals surface area contributed by atoms with Crippen LogP contribution in [-0.2, 0) is 0 Å². The molecule has 0 heterocycles. The van der Waals surface area contributed by atoms with Crippen LogP contribution in [0.4, 0.5) is 0 Å². The highest BCUT2D eigenvalue weighted by atomic mass is 14.6. The van der Waals surface area contributed by atoms with Crippen LogP contribution in [0.3, 0.4) is 0 Å². The van der Waals surface area contributed by atoms with E-state index in [2.05, 4.69) is 19.6 Å². The van der Waals surface area contributed by atoms with Gasteiger partial charge in [0.25, 0.3) is 0 Å². The monoisotopic (exact) mass is 272 g/mol. The predicted molar refractivity (Wildman–Crippen MR) is 85.5 cm³/mol. The molecule has 20 heavy (non-hydrogen) atoms. The summed E-state index contributed by atoms with van der Waals surface area (Å²) in [7, 11) is 0. The highest BCUT2D eigenvalue weighted by molar-refractivity contribution is 5.13. The zero-order valence-corrected chi connectivity index (χ0v) is 13.4. The first kappa shape index (κ1) is 13.4. The lowest BCUT2D eigenvalue weighted by atomic mass is 9.45. The van der Waals surface area contributed by atoms with Gasteiger partial charge in [0, 0.05) is 0 Å². The number of rotatable bonds is 1. The minimum absolute atomic E-state index is 0.547. The second-order valence-electron chi connectivity index (χ2n) is 8.80. The first-order valence-corrected chi connectivity index (χ1v) is 9.33. The summed E-state index contributed by atoms with van der Waals surface area (Å²) in [4.78, 5) is 0. The second-order valence-corrected chi connectivity index (χ2v) is 8.80. The molecule has 4 fully saturated rings. The molecule has 0 saturated heterocycles. The van der Waals surface area contributed by atoms with Crippen LogP contribution in [0, 0.1) is 34.5 Å². The van der Waals surface area contributed by atoms with Crippen LogP contribution in [-0.4, -0.2) is 0 Å². The topological polar surface area (TPSA) is 0 Å². The molecule has 4 unspecified atom stereocenters. The largest absolute Gasteiger partial charge is 0.103 e. The van der Waals surface area contributed by atoms with Gasteiger partial charge in [-0.15, -0.1) is 6.58 Å². The molecule has 0 aromatic carbocycles. The van der Waals surface area contributed by atoms with Crippen LogP contribution in [0.5, 0.6) is 0 Å². The van der Waals surface area contributed by atoms with Crippen molar-refractivity contribution >= 4 is 0 Å². The number of hydrogen-bond acceptors (Lipinski definition) is 0. The maximum atomic E-state index is 4.35. The summed E-state index contributed by atoms with van der Waals surface area (Å²) in [6.07, 6.45) is 19.0. The zero-order chi connectivity index (χ0) is 13.8. The molecule has 0 nitrogen and oxygen atoms in total. The molecule has 4 aliphatic carbocycles. The van der Waals surface area contributed by atoms with Crippen LogP contribution >= 0.6 is 0 Å². The Bertz CT molecular complexity index is 397. The summed E-state index contributed by atoms with van der Waals surface area (Å²) in [5, 5.41) is 0. The average molecular weight is 272 g/mol. The lowest BCUT2D eigenvalue weighted by Crippen LogP contribution is -2.52. The van der Waals surface area contributed by atoms with Crippen LogP contribution in [0.1, 0.15) is 77.6 Å². The number of hydrogen-bond donors (Lipinski definition) is 0. The lowest BCUT2D eigenvalue weighted by molar-refractivity contribution is -0.0869. The Morgan fingerprint density at radius 1 is 0.850 bits per heavy atom. The molecule has 0 aliphatic heterocycles. The van der Waals surface area contributed by atoms with Gasteiger partial charge in [0.05, 0.1) is 0 Å². The van der Waals surface area contributed by atoms with Crippen LogP contribution in [0.15, 0.2) is 12.7 Å². The number of fused-ring (bicyclic) bond motifs is 5. The summed E-state index contributed by atoms with van der Waals surface area (Å²) in [5.41, 5.74) is 1.26. The molecule has 0 bridgehead atoms. The first-order chi connectivity index (χ1) is 9.70. The van der Waals surface area contributed by atoms with E-state index in [0.29, 0.717) is 10.8 Å². The van der Waals surface area contributed by atoms with Crippen molar-refractivity contribution in [1.82, 2.24) is 0 Å². The quantitative estimate of drug-likeness (QED) is 0.515. The van der Waals surface area contributed by atoms with Crippen LogP contribution in [0.25, 0.3) is 0 Å². The highest BCUT2D eigenvalue weighted by Gasteiger charge is 2.57. The van der Waals surface area contributed by atoms with Crippen molar-refractivity contribution in [3.05, 3.63) is 12.7 Å². The van der Waals surface area contributed by atoms with Gasteiger partial charge in [-0.2, -0.15) is 0 Å². The van der Waals surface area contributed by atoms with Gasteiger partial charge in [-0.25, -0.2) is 0 Å². The molecular formula is C20H32. The Morgan fingerprint density at radius 2 is 1.75 bits per heavy atom. The van der Waals surface area contributed by atoms with E-state index >= 15 is 0 Å². The van der Waals surface area contributed by atoms with Gasteiger partial charge in [0.2, 0.25) is 0 Å². The van der Waals surface area contributed by atoms with Crippen molar-refractivity contribution in [2.24, 2.45) is 34.5 Å². The molecule has 0 heteroatoms. The highest BCUT2D eigenvalue weighted by Crippen LogP contribution is 2.66. The summed E-state index contributed by atoms with van der Waals surface area (Å²) < 4.78 is 0. The van der Waals surface area contributed by atoms with Crippen molar-refractivity contribution in [1.29, 1.82) is 0 Å². The van der Waals surface area contributed by atoms with Gasteiger partial charge in [-0.1, -0.05) is 32.3 Å². The molecule has 0 aromatic heterocycles. The molecule has 0 amide bonds. The van der Waals surface area contributed by atoms with Gasteiger partial charge < -0.3 is 0 Å². The normalized spacial score (nSPS) is 54.6. The maximum Gasteiger partial charge on any atom is -0.00617 e. The van der Waals surface area contributed by atoms with Crippen molar-refractivity contribution < 1.29 is 0 Å². The van der Waals surface area contributed by atoms with E-state index in [9.17, 15) is 0 Å². The third kappa shape index (κ3) is 1.66. The zero-order valence-electron chi connectivity index (χ0n) is 13.4. The van der Waals surface area contributed by atoms with Crippen molar-refractivity contribution in [3.63, 3.8) is 0 Å². The summed E-state index contributed by atoms with van der Waals surface area (Å²) >= 11 is 0. The van der Waals surface area contributed by atoms with Crippen molar-refractivity contribution in [3.8, 4) is 0 Å². The molecule has 0 aromatic rings. The third-order valence-corrected chi connectivity index (χ3v) is 8.31. The molecule has 4 aliphatic rings. The van der Waals surface area contributed by atoms with E-state index in [1.807, 2.05) is 0 Å². The molecule has 4 saturated carbocycles. The lowest BCUT2D eigenvalue weighted by Gasteiger charge is -2.60. The van der Waals surface area contributed by atoms with E-state index in [0.717, 1.165) is 23.7 Å². The molecule has 6 atom stereocenters. The summed E-state index contributed by atoms with van der Waals surface area (Å²) in [6.45, 7) is 6.97. The van der Waals surface area contributed by atoms with E-state index in [-0.39, 0.29) is 0 Å². The molecular weight excluding hydrogens is 240 g/mol. The Morgan fingerprint density at radius 3 is 2.60 bits per heavy atom. The standard InChI is InChI=1S/C20H32/c1-3-20-13-5-4-7-15(20)9-10-16-17-8-6-12-19(17,2)14-11-18(16)20/h3,15-18H,1,4-14H2,2H3/t15-,16?,17?,18?,19?,20-/m0/s1. The molecule has 0 N–H and O–H groups in total. The van der Waals surface area contributed by atoms with E-state index in [1.165, 1.54) is 64.2 Å². The summed E-state index contributed by atoms with van der Waals surface area (Å²) in [5.74, 6) is 4.08. The minimum atomic E-state index is 0.547. The smallest absolute Gasteiger partial charge is 0.00617 e. The van der Waals surface area contributed by atoms with Crippen molar-refractivity contribution in [2.75, 3.05) is 0 Å². The average Bonchev–Trinajstić information content (AvgIpc) is 2.88. The Kier molecular flexibility index (Phi) is 3.09. The predicted octanol–water partition coefficient (Wildman–Crippen LogP) is 5.98. The second kappa shape index (κ2) is 4.62. The van der Waals surface area contributed by atoms with E-state index in [1.54, 1.807) is 6.42 Å². The molecule has 112 valence electrons. The third-order valence-electron chi connectivity index (χ3n) is 8.31. The Labute approximate surface area is 125 Å². The van der Waals surface area contributed by atoms with E-state index in [4.69, 9.17) is 0 Å². The van der Waals surface area contributed by atoms with Gasteiger partial charge >= 0.3 is 0 Å². The fourth-order valence-corrected chi connectivity index (χ4v) is 7.36. The van der Waals surface area contributed by atoms with Gasteiger partial charge in [0.1, 0.15) is 0 Å². The fraction of sp³-hybridized carbons (Fsp3) is 0.900. The summed E-state index contributed by atoms with van der Waals surface area (Å²) in [6, 6.07) is 0. The van der Waals surface area contributed by atoms with Gasteiger partial charge in [0.15, 0.2) is 0 Å². The Hall–Kier alpha value is -0.260. The van der Waals surface area contributed by atoms with E-state index < -0.39 is 0 Å². The molecule has 0 spiro atoms. The number of allylic oxidation sites excluding steroid dienone is 1. The minimum Gasteiger partial charge on any atom is -0.103 e. The molecule has 4 rings (SSSR count). The van der Waals surface area contributed by atoms with Crippen LogP contribution in [0.2, 0.25) is 0 Å². The SMILES string of the molecule is C=C[C@]12CCCC[C@H]1CCC1C3CCCC3(C)CCC12. The van der Waals surface area contributed by atoms with Crippen molar-refractivity contribution in [2.45, 2.75) is 77.6 Å². The Balaban J connectivity index is 1.68. The van der Waals surface area contributed by atoms with Crippen LogP contribution < -0.4 is 0 Å². The van der Waals surface area contributed by atoms with Gasteiger partial charge in [-0.05, 0) is 85.9 Å². The molecule has 0 radical (unpaired) electrons. The fourth-order valence-electron chi connectivity index (χ4n) is 7.36. The first-order valence-electron chi connectivity index (χ1n) is 9.33. The van der Waals surface area contributed by atoms with Gasteiger partial charge in [-0.3, -0.25) is 0 Å². The maximum absolute atomic E-state index is 4.35.